The molecule has 0 aromatic rings. The Kier molecular flexibility index (Phi) is 2.55. The van der Waals surface area contributed by atoms with Gasteiger partial charge in [-0.15, -0.1) is 0 Å². The molecular weight excluding hydrogens is 164 g/mol. The van der Waals surface area contributed by atoms with E-state index in [4.69, 9.17) is 0 Å². The fourth-order valence-electron chi connectivity index (χ4n) is 1.01. The number of hydrogen-bond donors (Lipinski definition) is 2. The molecule has 2 amide bonds. The van der Waals surface area contributed by atoms with E-state index in [-0.39, 0.29) is 17.1 Å². The fraction of sp³-hybridized carbons (Fsp3) is 0.900. The maximum atomic E-state index is 11.5. The average Bonchev–Trinajstić information content (AvgIpc) is 2.66. The molecule has 0 unspecified atom stereocenters. The van der Waals surface area contributed by atoms with Crippen molar-refractivity contribution in [1.82, 2.24) is 10.6 Å². The zero-order valence-corrected chi connectivity index (χ0v) is 9.03. The van der Waals surface area contributed by atoms with Crippen LogP contribution < -0.4 is 10.6 Å². The molecule has 3 nitrogen and oxygen atoms in total. The van der Waals surface area contributed by atoms with Gasteiger partial charge in [0.1, 0.15) is 0 Å². The Morgan fingerprint density at radius 2 is 2.00 bits per heavy atom. The lowest BCUT2D eigenvalue weighted by atomic mass is 10.0. The molecule has 0 aromatic carbocycles. The number of urea groups is 1. The van der Waals surface area contributed by atoms with Gasteiger partial charge in [0.25, 0.3) is 0 Å². The van der Waals surface area contributed by atoms with Gasteiger partial charge in [-0.3, -0.25) is 0 Å². The molecule has 0 aromatic heterocycles. The van der Waals surface area contributed by atoms with Crippen LogP contribution in [0.5, 0.6) is 0 Å². The Hall–Kier alpha value is -0.730. The van der Waals surface area contributed by atoms with Crippen LogP contribution in [0.2, 0.25) is 0 Å². The highest BCUT2D eigenvalue weighted by atomic mass is 16.2. The van der Waals surface area contributed by atoms with Crippen molar-refractivity contribution in [3.8, 4) is 0 Å². The van der Waals surface area contributed by atoms with E-state index in [0.717, 1.165) is 19.3 Å². The predicted molar refractivity (Wildman–Crippen MR) is 53.7 cm³/mol. The van der Waals surface area contributed by atoms with Crippen LogP contribution in [0.3, 0.4) is 0 Å². The van der Waals surface area contributed by atoms with E-state index < -0.39 is 0 Å². The molecule has 0 saturated heterocycles. The molecule has 0 bridgehead atoms. The van der Waals surface area contributed by atoms with Crippen molar-refractivity contribution < 1.29 is 4.79 Å². The Morgan fingerprint density at radius 1 is 1.46 bits per heavy atom. The molecule has 0 heterocycles. The quantitative estimate of drug-likeness (QED) is 0.692. The van der Waals surface area contributed by atoms with Crippen LogP contribution in [0.15, 0.2) is 0 Å². The third-order valence-corrected chi connectivity index (χ3v) is 2.75. The highest BCUT2D eigenvalue weighted by molar-refractivity contribution is 5.76. The van der Waals surface area contributed by atoms with Crippen molar-refractivity contribution in [3.63, 3.8) is 0 Å². The molecule has 0 spiro atoms. The van der Waals surface area contributed by atoms with Crippen molar-refractivity contribution in [3.05, 3.63) is 0 Å². The monoisotopic (exact) mass is 184 g/mol. The summed E-state index contributed by atoms with van der Waals surface area (Å²) in [6.07, 6.45) is 3.15. The Balaban J connectivity index is 2.32. The molecule has 0 aliphatic heterocycles. The summed E-state index contributed by atoms with van der Waals surface area (Å²) in [7, 11) is 0. The minimum Gasteiger partial charge on any atom is -0.333 e. The third kappa shape index (κ3) is 3.25. The van der Waals surface area contributed by atoms with E-state index in [9.17, 15) is 4.79 Å². The first-order valence-electron chi connectivity index (χ1n) is 4.97. The van der Waals surface area contributed by atoms with Gasteiger partial charge in [-0.2, -0.15) is 0 Å². The molecule has 1 aliphatic rings. The summed E-state index contributed by atoms with van der Waals surface area (Å²) in [6, 6.07) is -0.0353. The Morgan fingerprint density at radius 3 is 2.38 bits per heavy atom. The van der Waals surface area contributed by atoms with Gasteiger partial charge in [-0.05, 0) is 40.0 Å². The molecule has 13 heavy (non-hydrogen) atoms. The van der Waals surface area contributed by atoms with E-state index in [2.05, 4.69) is 24.5 Å². The smallest absolute Gasteiger partial charge is 0.315 e. The number of carbonyl (C=O) groups is 1. The van der Waals surface area contributed by atoms with Crippen molar-refractivity contribution >= 4 is 6.03 Å². The van der Waals surface area contributed by atoms with Crippen LogP contribution >= 0.6 is 0 Å². The predicted octanol–water partition coefficient (Wildman–Crippen LogP) is 2.03. The van der Waals surface area contributed by atoms with E-state index >= 15 is 0 Å². The molecule has 1 fully saturated rings. The maximum Gasteiger partial charge on any atom is 0.315 e. The summed E-state index contributed by atoms with van der Waals surface area (Å²) in [4.78, 5) is 11.5. The van der Waals surface area contributed by atoms with Crippen LogP contribution in [-0.4, -0.2) is 17.1 Å². The Labute approximate surface area is 80.3 Å². The number of hydrogen-bond acceptors (Lipinski definition) is 1. The first kappa shape index (κ1) is 10.4. The standard InChI is InChI=1S/C10H20N2O/c1-5-9(2,3)11-8(13)12-10(4)6-7-10/h5-7H2,1-4H3,(H2,11,12,13). The molecular formula is C10H20N2O. The number of rotatable bonds is 3. The van der Waals surface area contributed by atoms with E-state index in [1.54, 1.807) is 0 Å². The van der Waals surface area contributed by atoms with Gasteiger partial charge in [0.2, 0.25) is 0 Å². The molecule has 76 valence electrons. The molecule has 1 aliphatic carbocycles. The average molecular weight is 184 g/mol. The summed E-state index contributed by atoms with van der Waals surface area (Å²) in [5, 5.41) is 5.92. The van der Waals surface area contributed by atoms with Gasteiger partial charge in [0, 0.05) is 11.1 Å². The first-order valence-corrected chi connectivity index (χ1v) is 4.97. The SMILES string of the molecule is CCC(C)(C)NC(=O)NC1(C)CC1. The van der Waals surface area contributed by atoms with E-state index in [0.29, 0.717) is 0 Å². The second kappa shape index (κ2) is 3.20. The second-order valence-corrected chi connectivity index (χ2v) is 4.88. The highest BCUT2D eigenvalue weighted by Crippen LogP contribution is 2.34. The van der Waals surface area contributed by atoms with Crippen molar-refractivity contribution in [2.45, 2.75) is 58.0 Å². The minimum absolute atomic E-state index is 0.0353. The highest BCUT2D eigenvalue weighted by Gasteiger charge is 2.39. The summed E-state index contributed by atoms with van der Waals surface area (Å²) in [5.74, 6) is 0. The molecule has 3 heteroatoms. The zero-order valence-electron chi connectivity index (χ0n) is 9.03. The van der Waals surface area contributed by atoms with Gasteiger partial charge in [0.15, 0.2) is 0 Å². The zero-order chi connectivity index (χ0) is 10.1. The largest absolute Gasteiger partial charge is 0.333 e. The Bertz CT molecular complexity index is 207. The molecule has 0 atom stereocenters. The van der Waals surface area contributed by atoms with E-state index in [1.165, 1.54) is 0 Å². The summed E-state index contributed by atoms with van der Waals surface area (Å²) >= 11 is 0. The minimum atomic E-state index is -0.102. The van der Waals surface area contributed by atoms with Crippen LogP contribution in [-0.2, 0) is 0 Å². The summed E-state index contributed by atoms with van der Waals surface area (Å²) in [6.45, 7) is 8.20. The molecule has 1 saturated carbocycles. The molecule has 0 radical (unpaired) electrons. The van der Waals surface area contributed by atoms with Crippen LogP contribution in [0.1, 0.15) is 47.0 Å². The first-order chi connectivity index (χ1) is 5.87. The number of nitrogens with one attached hydrogen (secondary N) is 2. The lowest BCUT2D eigenvalue weighted by Crippen LogP contribution is -2.50. The van der Waals surface area contributed by atoms with Gasteiger partial charge in [-0.25, -0.2) is 4.79 Å². The van der Waals surface area contributed by atoms with Gasteiger partial charge in [-0.1, -0.05) is 6.92 Å². The number of amides is 2. The second-order valence-electron chi connectivity index (χ2n) is 4.88. The van der Waals surface area contributed by atoms with E-state index in [1.807, 2.05) is 13.8 Å². The summed E-state index contributed by atoms with van der Waals surface area (Å²) < 4.78 is 0. The molecule has 2 N–H and O–H groups in total. The third-order valence-electron chi connectivity index (χ3n) is 2.75. The maximum absolute atomic E-state index is 11.5. The molecule has 1 rings (SSSR count). The lowest BCUT2D eigenvalue weighted by molar-refractivity contribution is 0.224. The van der Waals surface area contributed by atoms with Crippen LogP contribution in [0.4, 0.5) is 4.79 Å². The van der Waals surface area contributed by atoms with Crippen LogP contribution in [0, 0.1) is 0 Å². The van der Waals surface area contributed by atoms with Gasteiger partial charge < -0.3 is 10.6 Å². The number of carbonyl (C=O) groups excluding carboxylic acids is 1. The van der Waals surface area contributed by atoms with Crippen molar-refractivity contribution in [2.75, 3.05) is 0 Å². The topological polar surface area (TPSA) is 41.1 Å². The normalized spacial score (nSPS) is 19.4. The fourth-order valence-corrected chi connectivity index (χ4v) is 1.01. The lowest BCUT2D eigenvalue weighted by Gasteiger charge is -2.25. The van der Waals surface area contributed by atoms with Crippen molar-refractivity contribution in [2.24, 2.45) is 0 Å². The van der Waals surface area contributed by atoms with Gasteiger partial charge >= 0.3 is 6.03 Å². The van der Waals surface area contributed by atoms with Crippen molar-refractivity contribution in [1.29, 1.82) is 0 Å². The van der Waals surface area contributed by atoms with Crippen LogP contribution in [0.25, 0.3) is 0 Å². The summed E-state index contributed by atoms with van der Waals surface area (Å²) in [5.41, 5.74) is -0.0246. The van der Waals surface area contributed by atoms with Gasteiger partial charge in [0.05, 0.1) is 0 Å².